The quantitative estimate of drug-likeness (QED) is 0.724. The van der Waals surface area contributed by atoms with Gasteiger partial charge in [-0.3, -0.25) is 14.8 Å². The average Bonchev–Trinajstić information content (AvgIpc) is 2.68. The van der Waals surface area contributed by atoms with Gasteiger partial charge in [-0.25, -0.2) is 0 Å². The number of rotatable bonds is 2. The number of carbonyl (C=O) groups is 1. The van der Waals surface area contributed by atoms with E-state index in [1.807, 2.05) is 53.4 Å². The van der Waals surface area contributed by atoms with Crippen molar-refractivity contribution in [3.63, 3.8) is 0 Å². The highest BCUT2D eigenvalue weighted by Crippen LogP contribution is 2.28. The largest absolute Gasteiger partial charge is 0.308 e. The van der Waals surface area contributed by atoms with Crippen molar-refractivity contribution in [1.82, 2.24) is 9.97 Å². The number of nitrogens with zero attached hydrogens (tertiary/aromatic N) is 3. The normalized spacial score (nSPS) is 13.4. The molecule has 0 saturated carbocycles. The fourth-order valence-electron chi connectivity index (χ4n) is 3.09. The minimum atomic E-state index is 0.00206. The Labute approximate surface area is 140 Å². The Morgan fingerprint density at radius 2 is 1.75 bits per heavy atom. The zero-order valence-electron chi connectivity index (χ0n) is 13.2. The van der Waals surface area contributed by atoms with Crippen molar-refractivity contribution in [2.45, 2.75) is 12.8 Å². The molecule has 0 bridgehead atoms. The van der Waals surface area contributed by atoms with Crippen LogP contribution in [-0.4, -0.2) is 22.4 Å². The number of fused-ring (bicyclic) bond motifs is 1. The molecule has 3 aromatic rings. The van der Waals surface area contributed by atoms with Gasteiger partial charge >= 0.3 is 0 Å². The van der Waals surface area contributed by atoms with Crippen LogP contribution in [0.3, 0.4) is 0 Å². The van der Waals surface area contributed by atoms with Crippen molar-refractivity contribution in [3.05, 3.63) is 78.1 Å². The van der Waals surface area contributed by atoms with Gasteiger partial charge in [0.25, 0.3) is 5.91 Å². The summed E-state index contributed by atoms with van der Waals surface area (Å²) < 4.78 is 0. The fourth-order valence-corrected chi connectivity index (χ4v) is 3.09. The summed E-state index contributed by atoms with van der Waals surface area (Å²) in [7, 11) is 0. The molecule has 1 aromatic carbocycles. The van der Waals surface area contributed by atoms with E-state index in [0.717, 1.165) is 36.5 Å². The maximum atomic E-state index is 12.9. The average molecular weight is 315 g/mol. The number of hydrogen-bond donors (Lipinski definition) is 0. The summed E-state index contributed by atoms with van der Waals surface area (Å²) in [5, 5.41) is 0. The third-order valence-electron chi connectivity index (χ3n) is 4.29. The Morgan fingerprint density at radius 3 is 2.54 bits per heavy atom. The number of aryl methyl sites for hydroxylation is 1. The van der Waals surface area contributed by atoms with Crippen LogP contribution in [-0.2, 0) is 6.42 Å². The second-order valence-electron chi connectivity index (χ2n) is 5.84. The summed E-state index contributed by atoms with van der Waals surface area (Å²) >= 11 is 0. The minimum absolute atomic E-state index is 0.00206. The smallest absolute Gasteiger partial charge is 0.259 e. The number of aromatic nitrogens is 2. The van der Waals surface area contributed by atoms with E-state index >= 15 is 0 Å². The molecule has 0 N–H and O–H groups in total. The van der Waals surface area contributed by atoms with Crippen molar-refractivity contribution in [2.75, 3.05) is 11.4 Å². The first kappa shape index (κ1) is 14.6. The lowest BCUT2D eigenvalue weighted by molar-refractivity contribution is 0.0985. The molecule has 3 heterocycles. The fraction of sp³-hybridized carbons (Fsp3) is 0.150. The van der Waals surface area contributed by atoms with Crippen LogP contribution in [0, 0.1) is 0 Å². The first-order chi connectivity index (χ1) is 11.8. The molecule has 0 saturated heterocycles. The molecule has 0 fully saturated rings. The van der Waals surface area contributed by atoms with Gasteiger partial charge in [0.1, 0.15) is 0 Å². The number of amides is 1. The predicted octanol–water partition coefficient (Wildman–Crippen LogP) is 3.74. The maximum Gasteiger partial charge on any atom is 0.259 e. The van der Waals surface area contributed by atoms with Crippen LogP contribution in [0.1, 0.15) is 22.3 Å². The van der Waals surface area contributed by atoms with E-state index in [4.69, 9.17) is 0 Å². The van der Waals surface area contributed by atoms with E-state index in [-0.39, 0.29) is 5.91 Å². The van der Waals surface area contributed by atoms with E-state index < -0.39 is 0 Å². The van der Waals surface area contributed by atoms with Crippen LogP contribution < -0.4 is 4.90 Å². The second-order valence-corrected chi connectivity index (χ2v) is 5.84. The Kier molecular flexibility index (Phi) is 3.79. The van der Waals surface area contributed by atoms with Crippen LogP contribution in [0.2, 0.25) is 0 Å². The number of benzene rings is 1. The van der Waals surface area contributed by atoms with Crippen molar-refractivity contribution >= 4 is 11.6 Å². The molecule has 24 heavy (non-hydrogen) atoms. The first-order valence-corrected chi connectivity index (χ1v) is 8.10. The summed E-state index contributed by atoms with van der Waals surface area (Å²) in [6.45, 7) is 0.748. The summed E-state index contributed by atoms with van der Waals surface area (Å²) in [6, 6.07) is 17.5. The Morgan fingerprint density at radius 1 is 0.917 bits per heavy atom. The molecular weight excluding hydrogens is 298 g/mol. The van der Waals surface area contributed by atoms with Gasteiger partial charge in [0, 0.05) is 24.6 Å². The standard InChI is InChI=1S/C20H17N3O/c24-20(23-13-5-7-15-6-1-2-9-19(15)23)16-10-11-18(22-14-16)17-8-3-4-12-21-17/h1-4,6,8-12,14H,5,7,13H2. The molecule has 0 spiro atoms. The highest BCUT2D eigenvalue weighted by atomic mass is 16.2. The highest BCUT2D eigenvalue weighted by molar-refractivity contribution is 6.06. The summed E-state index contributed by atoms with van der Waals surface area (Å²) in [5.41, 5.74) is 4.43. The van der Waals surface area contributed by atoms with Crippen LogP contribution in [0.4, 0.5) is 5.69 Å². The molecule has 0 radical (unpaired) electrons. The molecule has 0 unspecified atom stereocenters. The molecule has 4 heteroatoms. The maximum absolute atomic E-state index is 12.9. The summed E-state index contributed by atoms with van der Waals surface area (Å²) in [5.74, 6) is 0.00206. The molecule has 4 nitrogen and oxygen atoms in total. The molecule has 1 aliphatic rings. The Balaban J connectivity index is 1.62. The number of pyridine rings is 2. The van der Waals surface area contributed by atoms with Gasteiger partial charge < -0.3 is 4.90 Å². The van der Waals surface area contributed by atoms with Crippen molar-refractivity contribution in [2.24, 2.45) is 0 Å². The topological polar surface area (TPSA) is 46.1 Å². The van der Waals surface area contributed by atoms with E-state index in [1.165, 1.54) is 5.56 Å². The van der Waals surface area contributed by atoms with E-state index in [9.17, 15) is 4.79 Å². The van der Waals surface area contributed by atoms with Gasteiger partial charge in [-0.15, -0.1) is 0 Å². The molecule has 1 aliphatic heterocycles. The molecular formula is C20H17N3O. The van der Waals surface area contributed by atoms with Gasteiger partial charge in [-0.05, 0) is 48.7 Å². The van der Waals surface area contributed by atoms with Crippen LogP contribution >= 0.6 is 0 Å². The third-order valence-corrected chi connectivity index (χ3v) is 4.29. The summed E-state index contributed by atoms with van der Waals surface area (Å²) in [4.78, 5) is 23.4. The lowest BCUT2D eigenvalue weighted by Crippen LogP contribution is -2.35. The SMILES string of the molecule is O=C(c1ccc(-c2ccccn2)nc1)N1CCCc2ccccc21. The van der Waals surface area contributed by atoms with Gasteiger partial charge in [-0.1, -0.05) is 24.3 Å². The molecule has 2 aromatic heterocycles. The predicted molar refractivity (Wildman–Crippen MR) is 93.9 cm³/mol. The molecule has 0 aliphatic carbocycles. The Bertz CT molecular complexity index is 860. The zero-order valence-corrected chi connectivity index (χ0v) is 13.2. The third kappa shape index (κ3) is 2.67. The molecule has 118 valence electrons. The lowest BCUT2D eigenvalue weighted by Gasteiger charge is -2.29. The first-order valence-electron chi connectivity index (χ1n) is 8.10. The van der Waals surface area contributed by atoms with E-state index in [1.54, 1.807) is 12.4 Å². The lowest BCUT2D eigenvalue weighted by atomic mass is 10.0. The number of anilines is 1. The van der Waals surface area contributed by atoms with Crippen molar-refractivity contribution in [1.29, 1.82) is 0 Å². The van der Waals surface area contributed by atoms with Crippen LogP contribution in [0.15, 0.2) is 67.0 Å². The molecule has 4 rings (SSSR count). The van der Waals surface area contributed by atoms with Crippen molar-refractivity contribution < 1.29 is 4.79 Å². The molecule has 0 atom stereocenters. The van der Waals surface area contributed by atoms with Gasteiger partial charge in [-0.2, -0.15) is 0 Å². The van der Waals surface area contributed by atoms with E-state index in [2.05, 4.69) is 16.0 Å². The van der Waals surface area contributed by atoms with E-state index in [0.29, 0.717) is 5.56 Å². The van der Waals surface area contributed by atoms with Gasteiger partial charge in [0.05, 0.1) is 17.0 Å². The van der Waals surface area contributed by atoms with Crippen LogP contribution in [0.25, 0.3) is 11.4 Å². The number of carbonyl (C=O) groups excluding carboxylic acids is 1. The second kappa shape index (κ2) is 6.24. The minimum Gasteiger partial charge on any atom is -0.308 e. The van der Waals surface area contributed by atoms with Crippen molar-refractivity contribution in [3.8, 4) is 11.4 Å². The van der Waals surface area contributed by atoms with Gasteiger partial charge in [0.2, 0.25) is 0 Å². The zero-order chi connectivity index (χ0) is 16.4. The Hall–Kier alpha value is -3.01. The summed E-state index contributed by atoms with van der Waals surface area (Å²) in [6.07, 6.45) is 5.39. The molecule has 1 amide bonds. The number of hydrogen-bond acceptors (Lipinski definition) is 3. The number of para-hydroxylation sites is 1. The van der Waals surface area contributed by atoms with Gasteiger partial charge in [0.15, 0.2) is 0 Å². The monoisotopic (exact) mass is 315 g/mol. The highest BCUT2D eigenvalue weighted by Gasteiger charge is 2.23. The van der Waals surface area contributed by atoms with Crippen LogP contribution in [0.5, 0.6) is 0 Å².